The molecule has 0 aliphatic carbocycles. The van der Waals surface area contributed by atoms with Gasteiger partial charge in [-0.3, -0.25) is 14.2 Å². The number of carbonyl (C=O) groups excluding carboxylic acids is 1. The summed E-state index contributed by atoms with van der Waals surface area (Å²) in [7, 11) is 0. The maximum atomic E-state index is 13.9. The summed E-state index contributed by atoms with van der Waals surface area (Å²) in [6.45, 7) is -0.298. The Morgan fingerprint density at radius 1 is 0.906 bits per heavy atom. The van der Waals surface area contributed by atoms with Crippen molar-refractivity contribution in [1.82, 2.24) is 9.55 Å². The molecule has 2 N–H and O–H groups in total. The van der Waals surface area contributed by atoms with Crippen molar-refractivity contribution in [3.05, 3.63) is 123 Å². The number of carbonyl (C=O) groups is 1. The second-order valence-corrected chi connectivity index (χ2v) is 6.88. The molecule has 160 valence electrons. The summed E-state index contributed by atoms with van der Waals surface area (Å²) >= 11 is 0. The van der Waals surface area contributed by atoms with E-state index in [4.69, 9.17) is 4.74 Å². The third kappa shape index (κ3) is 4.65. The zero-order valence-corrected chi connectivity index (χ0v) is 16.7. The molecule has 8 heteroatoms. The Hall–Kier alpha value is -4.46. The van der Waals surface area contributed by atoms with Crippen LogP contribution in [0.3, 0.4) is 0 Å². The summed E-state index contributed by atoms with van der Waals surface area (Å²) < 4.78 is 20.4. The van der Waals surface area contributed by atoms with Gasteiger partial charge in [0.1, 0.15) is 22.9 Å². The molecule has 1 heterocycles. The van der Waals surface area contributed by atoms with Gasteiger partial charge >= 0.3 is 5.69 Å². The van der Waals surface area contributed by atoms with Crippen LogP contribution in [-0.2, 0) is 6.54 Å². The second-order valence-electron chi connectivity index (χ2n) is 6.88. The van der Waals surface area contributed by atoms with Gasteiger partial charge in [0.15, 0.2) is 0 Å². The minimum absolute atomic E-state index is 0.159. The average Bonchev–Trinajstić information content (AvgIpc) is 2.80. The van der Waals surface area contributed by atoms with E-state index < -0.39 is 23.0 Å². The monoisotopic (exact) mass is 431 g/mol. The fraction of sp³-hybridized carbons (Fsp3) is 0.0417. The first-order valence-corrected chi connectivity index (χ1v) is 9.71. The van der Waals surface area contributed by atoms with Crippen molar-refractivity contribution in [3.63, 3.8) is 0 Å². The van der Waals surface area contributed by atoms with Crippen molar-refractivity contribution in [3.8, 4) is 11.5 Å². The molecule has 0 fully saturated rings. The number of para-hydroxylation sites is 1. The maximum absolute atomic E-state index is 13.9. The van der Waals surface area contributed by atoms with Crippen LogP contribution in [0.2, 0.25) is 0 Å². The average molecular weight is 431 g/mol. The van der Waals surface area contributed by atoms with Gasteiger partial charge in [-0.2, -0.15) is 0 Å². The summed E-state index contributed by atoms with van der Waals surface area (Å²) in [4.78, 5) is 39.8. The third-order valence-corrected chi connectivity index (χ3v) is 4.68. The molecule has 0 saturated heterocycles. The fourth-order valence-corrected chi connectivity index (χ4v) is 3.04. The number of nitrogens with zero attached hydrogens (tertiary/aromatic N) is 1. The van der Waals surface area contributed by atoms with E-state index in [1.54, 1.807) is 30.3 Å². The van der Waals surface area contributed by atoms with Gasteiger partial charge in [-0.1, -0.05) is 36.4 Å². The molecule has 0 bridgehead atoms. The van der Waals surface area contributed by atoms with Crippen LogP contribution in [0.4, 0.5) is 10.1 Å². The smallest absolute Gasteiger partial charge is 0.328 e. The van der Waals surface area contributed by atoms with Gasteiger partial charge in [0.25, 0.3) is 11.5 Å². The van der Waals surface area contributed by atoms with E-state index in [9.17, 15) is 18.8 Å². The number of halogens is 1. The second kappa shape index (κ2) is 9.13. The lowest BCUT2D eigenvalue weighted by molar-refractivity contribution is 0.102. The molecular weight excluding hydrogens is 413 g/mol. The number of aromatic amines is 1. The van der Waals surface area contributed by atoms with Crippen LogP contribution < -0.4 is 21.3 Å². The summed E-state index contributed by atoms with van der Waals surface area (Å²) in [5.41, 5.74) is -1.24. The van der Waals surface area contributed by atoms with Gasteiger partial charge in [-0.15, -0.1) is 0 Å². The Morgan fingerprint density at radius 3 is 2.28 bits per heavy atom. The van der Waals surface area contributed by atoms with Crippen LogP contribution in [0, 0.1) is 5.82 Å². The van der Waals surface area contributed by atoms with E-state index >= 15 is 0 Å². The van der Waals surface area contributed by atoms with Crippen molar-refractivity contribution in [2.45, 2.75) is 6.54 Å². The zero-order valence-electron chi connectivity index (χ0n) is 16.7. The summed E-state index contributed by atoms with van der Waals surface area (Å²) in [6, 6.07) is 21.6. The van der Waals surface area contributed by atoms with E-state index in [2.05, 4.69) is 10.3 Å². The van der Waals surface area contributed by atoms with Crippen molar-refractivity contribution in [2.24, 2.45) is 0 Å². The van der Waals surface area contributed by atoms with Crippen LogP contribution in [0.25, 0.3) is 0 Å². The Morgan fingerprint density at radius 2 is 1.56 bits per heavy atom. The molecule has 0 atom stereocenters. The van der Waals surface area contributed by atoms with Gasteiger partial charge in [0, 0.05) is 17.4 Å². The molecule has 0 saturated carbocycles. The number of H-pyrrole nitrogens is 1. The zero-order chi connectivity index (χ0) is 22.5. The highest BCUT2D eigenvalue weighted by molar-refractivity contribution is 6.03. The molecule has 4 aromatic rings. The van der Waals surface area contributed by atoms with Gasteiger partial charge in [0.05, 0.1) is 6.54 Å². The molecule has 32 heavy (non-hydrogen) atoms. The topological polar surface area (TPSA) is 93.2 Å². The van der Waals surface area contributed by atoms with Crippen LogP contribution in [0.5, 0.6) is 11.5 Å². The molecule has 1 aromatic heterocycles. The number of amides is 1. The highest BCUT2D eigenvalue weighted by atomic mass is 19.1. The van der Waals surface area contributed by atoms with Gasteiger partial charge in [0.2, 0.25) is 0 Å². The van der Waals surface area contributed by atoms with E-state index in [-0.39, 0.29) is 17.7 Å². The van der Waals surface area contributed by atoms with Crippen molar-refractivity contribution < 1.29 is 13.9 Å². The van der Waals surface area contributed by atoms with Crippen LogP contribution in [0.15, 0.2) is 94.6 Å². The number of benzene rings is 3. The highest BCUT2D eigenvalue weighted by Crippen LogP contribution is 2.22. The summed E-state index contributed by atoms with van der Waals surface area (Å²) in [5, 5.41) is 2.61. The molecular formula is C24H18FN3O4. The van der Waals surface area contributed by atoms with E-state index in [0.717, 1.165) is 10.8 Å². The van der Waals surface area contributed by atoms with Crippen LogP contribution in [0.1, 0.15) is 15.9 Å². The molecule has 0 aliphatic rings. The lowest BCUT2D eigenvalue weighted by Crippen LogP contribution is -2.39. The molecule has 0 radical (unpaired) electrons. The lowest BCUT2D eigenvalue weighted by Gasteiger charge is -2.10. The minimum atomic E-state index is -0.821. The maximum Gasteiger partial charge on any atom is 0.328 e. The van der Waals surface area contributed by atoms with E-state index in [1.807, 2.05) is 30.3 Å². The summed E-state index contributed by atoms with van der Waals surface area (Å²) in [5.74, 6) is -0.00450. The van der Waals surface area contributed by atoms with Crippen LogP contribution >= 0.6 is 0 Å². The first-order valence-electron chi connectivity index (χ1n) is 9.71. The normalized spacial score (nSPS) is 10.5. The SMILES string of the molecule is O=C(Nc1ccc(Oc2ccccc2)cc1)c1c[nH]c(=O)n(Cc2ccccc2F)c1=O. The minimum Gasteiger partial charge on any atom is -0.457 e. The number of hydrogen-bond acceptors (Lipinski definition) is 4. The van der Waals surface area contributed by atoms with Crippen molar-refractivity contribution in [1.29, 1.82) is 0 Å². The standard InChI is InChI=1S/C24H18FN3O4/c25-21-9-5-4-6-16(21)15-28-23(30)20(14-26-24(28)31)22(29)27-17-10-12-19(13-11-17)32-18-7-2-1-3-8-18/h1-14H,15H2,(H,26,31)(H,27,29). The number of rotatable bonds is 6. The quantitative estimate of drug-likeness (QED) is 0.486. The molecule has 0 aliphatic heterocycles. The first-order chi connectivity index (χ1) is 15.5. The predicted molar refractivity (Wildman–Crippen MR) is 118 cm³/mol. The molecule has 0 spiro atoms. The van der Waals surface area contributed by atoms with Gasteiger partial charge in [-0.25, -0.2) is 9.18 Å². The number of ether oxygens (including phenoxy) is 1. The Kier molecular flexibility index (Phi) is 5.94. The largest absolute Gasteiger partial charge is 0.457 e. The van der Waals surface area contributed by atoms with E-state index in [0.29, 0.717) is 17.2 Å². The van der Waals surface area contributed by atoms with E-state index in [1.165, 1.54) is 18.2 Å². The molecule has 3 aromatic carbocycles. The Bertz CT molecular complexity index is 1360. The predicted octanol–water partition coefficient (Wildman–Crippen LogP) is 3.77. The number of anilines is 1. The number of aromatic nitrogens is 2. The molecule has 4 rings (SSSR count). The highest BCUT2D eigenvalue weighted by Gasteiger charge is 2.16. The van der Waals surface area contributed by atoms with Crippen molar-refractivity contribution in [2.75, 3.05) is 5.32 Å². The first kappa shape index (κ1) is 20.8. The molecule has 7 nitrogen and oxygen atoms in total. The Labute approximate surface area is 181 Å². The number of nitrogens with one attached hydrogen (secondary N) is 2. The molecule has 1 amide bonds. The molecule has 0 unspecified atom stereocenters. The van der Waals surface area contributed by atoms with Gasteiger partial charge in [-0.05, 0) is 42.5 Å². The summed E-state index contributed by atoms with van der Waals surface area (Å²) in [6.07, 6.45) is 1.05. The fourth-order valence-electron chi connectivity index (χ4n) is 3.04. The Balaban J connectivity index is 1.52. The van der Waals surface area contributed by atoms with Crippen molar-refractivity contribution >= 4 is 11.6 Å². The number of hydrogen-bond donors (Lipinski definition) is 2. The van der Waals surface area contributed by atoms with Crippen LogP contribution in [-0.4, -0.2) is 15.5 Å². The lowest BCUT2D eigenvalue weighted by atomic mass is 10.2. The van der Waals surface area contributed by atoms with Gasteiger partial charge < -0.3 is 15.0 Å². The third-order valence-electron chi connectivity index (χ3n) is 4.68.